The van der Waals surface area contributed by atoms with Gasteiger partial charge in [-0.25, -0.2) is 4.79 Å². The van der Waals surface area contributed by atoms with Crippen molar-refractivity contribution in [3.8, 4) is 0 Å². The molecule has 21 heavy (non-hydrogen) atoms. The summed E-state index contributed by atoms with van der Waals surface area (Å²) < 4.78 is 4.28. The summed E-state index contributed by atoms with van der Waals surface area (Å²) in [6.45, 7) is 3.71. The Balaban J connectivity index is 0. The first-order chi connectivity index (χ1) is 9.81. The molecule has 0 amide bonds. The molecule has 0 aliphatic carbocycles. The molecule has 0 spiro atoms. The molecule has 0 bridgehead atoms. The maximum Gasteiger partial charge on any atom is 0.366 e. The highest BCUT2D eigenvalue weighted by molar-refractivity contribution is 5.77. The maximum absolute atomic E-state index is 10.9. The third-order valence-electron chi connectivity index (χ3n) is 2.52. The highest BCUT2D eigenvalue weighted by atomic mass is 16.6. The molecule has 126 valence electrons. The molecule has 4 N–H and O–H groups in total. The molecular formula is C14H28O7. The monoisotopic (exact) mass is 308 g/mol. The number of aliphatic carboxylic acids is 1. The van der Waals surface area contributed by atoms with E-state index < -0.39 is 30.8 Å². The molecule has 0 unspecified atom stereocenters. The van der Waals surface area contributed by atoms with Crippen molar-refractivity contribution in [1.82, 2.24) is 0 Å². The summed E-state index contributed by atoms with van der Waals surface area (Å²) in [7, 11) is 0. The smallest absolute Gasteiger partial charge is 0.366 e. The zero-order valence-corrected chi connectivity index (χ0v) is 12.9. The van der Waals surface area contributed by atoms with Crippen LogP contribution in [-0.2, 0) is 14.3 Å². The van der Waals surface area contributed by atoms with E-state index in [1.165, 1.54) is 25.7 Å². The minimum absolute atomic E-state index is 0.0590. The second kappa shape index (κ2) is 13.8. The first-order valence-electron chi connectivity index (χ1n) is 7.26. The number of carboxylic acid groups (broad SMARTS) is 1. The van der Waals surface area contributed by atoms with Crippen LogP contribution < -0.4 is 0 Å². The van der Waals surface area contributed by atoms with Gasteiger partial charge in [0, 0.05) is 12.8 Å². The van der Waals surface area contributed by atoms with Gasteiger partial charge >= 0.3 is 11.9 Å². The van der Waals surface area contributed by atoms with Crippen LogP contribution in [0.25, 0.3) is 0 Å². The van der Waals surface area contributed by atoms with Gasteiger partial charge in [0.05, 0.1) is 6.61 Å². The summed E-state index contributed by atoms with van der Waals surface area (Å²) in [6.07, 6.45) is 4.78. The predicted octanol–water partition coefficient (Wildman–Crippen LogP) is 1.04. The van der Waals surface area contributed by atoms with Gasteiger partial charge < -0.3 is 25.2 Å². The average Bonchev–Trinajstić information content (AvgIpc) is 2.42. The van der Waals surface area contributed by atoms with E-state index in [-0.39, 0.29) is 19.4 Å². The summed E-state index contributed by atoms with van der Waals surface area (Å²) in [5, 5.41) is 34.8. The van der Waals surface area contributed by atoms with Crippen LogP contribution in [0.1, 0.15) is 58.8 Å². The molecule has 0 aromatic carbocycles. The number of aliphatic hydroxyl groups is 3. The minimum Gasteiger partial charge on any atom is -0.481 e. The molecule has 0 heterocycles. The van der Waals surface area contributed by atoms with Gasteiger partial charge in [-0.2, -0.15) is 0 Å². The van der Waals surface area contributed by atoms with Crippen molar-refractivity contribution < 1.29 is 34.8 Å². The van der Waals surface area contributed by atoms with Gasteiger partial charge in [0.2, 0.25) is 0 Å². The topological polar surface area (TPSA) is 124 Å². The number of rotatable bonds is 10. The average molecular weight is 308 g/mol. The Morgan fingerprint density at radius 2 is 1.57 bits per heavy atom. The van der Waals surface area contributed by atoms with Crippen LogP contribution in [0, 0.1) is 0 Å². The van der Waals surface area contributed by atoms with Crippen LogP contribution >= 0.6 is 0 Å². The van der Waals surface area contributed by atoms with E-state index in [0.29, 0.717) is 0 Å². The van der Waals surface area contributed by atoms with E-state index in [0.717, 1.165) is 0 Å². The molecule has 7 nitrogen and oxygen atoms in total. The fourth-order valence-corrected chi connectivity index (χ4v) is 1.34. The predicted molar refractivity (Wildman–Crippen MR) is 76.5 cm³/mol. The van der Waals surface area contributed by atoms with Gasteiger partial charge in [0.15, 0.2) is 0 Å². The van der Waals surface area contributed by atoms with Crippen LogP contribution in [0.15, 0.2) is 0 Å². The highest BCUT2D eigenvalue weighted by Crippen LogP contribution is 2.12. The molecule has 0 aromatic rings. The van der Waals surface area contributed by atoms with E-state index in [1.807, 2.05) is 0 Å². The van der Waals surface area contributed by atoms with Crippen molar-refractivity contribution in [3.05, 3.63) is 0 Å². The number of carboxylic acids is 1. The molecule has 0 atom stereocenters. The number of carbonyl (C=O) groups excluding carboxylic acids is 1. The molecule has 7 heteroatoms. The van der Waals surface area contributed by atoms with Crippen molar-refractivity contribution >= 4 is 11.9 Å². The fraction of sp³-hybridized carbons (Fsp3) is 0.857. The lowest BCUT2D eigenvalue weighted by Crippen LogP contribution is -2.40. The lowest BCUT2D eigenvalue weighted by atomic mass is 10.1. The van der Waals surface area contributed by atoms with Crippen LogP contribution in [0.4, 0.5) is 0 Å². The maximum atomic E-state index is 10.9. The quantitative estimate of drug-likeness (QED) is 0.270. The summed E-state index contributed by atoms with van der Waals surface area (Å²) >= 11 is 0. The highest BCUT2D eigenvalue weighted by Gasteiger charge is 2.34. The summed E-state index contributed by atoms with van der Waals surface area (Å²) in [6, 6.07) is 0. The first-order valence-corrected chi connectivity index (χ1v) is 7.26. The molecule has 0 saturated heterocycles. The van der Waals surface area contributed by atoms with Gasteiger partial charge in [0.1, 0.15) is 6.61 Å². The molecule has 0 fully saturated rings. The summed E-state index contributed by atoms with van der Waals surface area (Å²) in [5.74, 6) is -5.07. The first kappa shape index (κ1) is 22.1. The van der Waals surface area contributed by atoms with Gasteiger partial charge in [0.25, 0.3) is 5.79 Å². The lowest BCUT2D eigenvalue weighted by Gasteiger charge is -2.18. The van der Waals surface area contributed by atoms with Gasteiger partial charge in [-0.05, 0) is 6.42 Å². The Bertz CT molecular complexity index is 272. The van der Waals surface area contributed by atoms with Crippen LogP contribution in [0.2, 0.25) is 0 Å². The van der Waals surface area contributed by atoms with Crippen molar-refractivity contribution in [1.29, 1.82) is 0 Å². The van der Waals surface area contributed by atoms with Crippen LogP contribution in [0.3, 0.4) is 0 Å². The number of hydrogen-bond donors (Lipinski definition) is 4. The number of unbranched alkanes of at least 4 members (excludes halogenated alkanes) is 3. The minimum atomic E-state index is -2.69. The number of esters is 1. The zero-order chi connectivity index (χ0) is 16.7. The normalized spacial score (nSPS) is 10.5. The molecule has 0 radical (unpaired) electrons. The molecule has 0 rings (SSSR count). The standard InChI is InChI=1S/C8H14O7.C6H14/c9-4-5-15-7(12)8(13,14)3-1-2-6(10)11;1-3-5-6-4-2/h9,13-14H,1-5H2,(H,10,11);3-6H2,1-2H3. The Hall–Kier alpha value is -1.18. The van der Waals surface area contributed by atoms with Crippen molar-refractivity contribution in [3.63, 3.8) is 0 Å². The summed E-state index contributed by atoms with van der Waals surface area (Å²) in [5.41, 5.74) is 0. The Labute approximate surface area is 125 Å². The van der Waals surface area contributed by atoms with Gasteiger partial charge in [-0.15, -0.1) is 0 Å². The molecule has 0 aromatic heterocycles. The number of ether oxygens (including phenoxy) is 1. The second-order valence-corrected chi connectivity index (χ2v) is 4.63. The van der Waals surface area contributed by atoms with E-state index in [4.69, 9.17) is 20.4 Å². The van der Waals surface area contributed by atoms with E-state index in [2.05, 4.69) is 18.6 Å². The van der Waals surface area contributed by atoms with Gasteiger partial charge in [-0.1, -0.05) is 39.5 Å². The number of hydrogen-bond acceptors (Lipinski definition) is 6. The summed E-state index contributed by atoms with van der Waals surface area (Å²) in [4.78, 5) is 21.0. The van der Waals surface area contributed by atoms with Gasteiger partial charge in [-0.3, -0.25) is 4.79 Å². The molecule has 0 aliphatic rings. The van der Waals surface area contributed by atoms with Crippen molar-refractivity contribution in [2.75, 3.05) is 13.2 Å². The number of aliphatic hydroxyl groups excluding tert-OH is 1. The Kier molecular flexibility index (Phi) is 14.5. The zero-order valence-electron chi connectivity index (χ0n) is 12.9. The Morgan fingerprint density at radius 1 is 1.05 bits per heavy atom. The van der Waals surface area contributed by atoms with E-state index in [9.17, 15) is 9.59 Å². The lowest BCUT2D eigenvalue weighted by molar-refractivity contribution is -0.212. The van der Waals surface area contributed by atoms with E-state index >= 15 is 0 Å². The number of carbonyl (C=O) groups is 2. The van der Waals surface area contributed by atoms with Crippen molar-refractivity contribution in [2.24, 2.45) is 0 Å². The molecular weight excluding hydrogens is 280 g/mol. The molecule has 0 aliphatic heterocycles. The third kappa shape index (κ3) is 15.0. The van der Waals surface area contributed by atoms with Crippen LogP contribution in [0.5, 0.6) is 0 Å². The third-order valence-corrected chi connectivity index (χ3v) is 2.52. The van der Waals surface area contributed by atoms with E-state index in [1.54, 1.807) is 0 Å². The van der Waals surface area contributed by atoms with Crippen LogP contribution in [-0.4, -0.2) is 51.4 Å². The Morgan fingerprint density at radius 3 is 1.95 bits per heavy atom. The second-order valence-electron chi connectivity index (χ2n) is 4.63. The fourth-order valence-electron chi connectivity index (χ4n) is 1.34. The molecule has 0 saturated carbocycles. The largest absolute Gasteiger partial charge is 0.481 e. The van der Waals surface area contributed by atoms with Crippen molar-refractivity contribution in [2.45, 2.75) is 64.6 Å². The SMILES string of the molecule is CCCCCC.O=C(O)CCCC(O)(O)C(=O)OCCO.